The van der Waals surface area contributed by atoms with Crippen molar-refractivity contribution >= 4 is 10.0 Å². The van der Waals surface area contributed by atoms with E-state index in [1.807, 2.05) is 62.4 Å². The van der Waals surface area contributed by atoms with Crippen LogP contribution in [0.1, 0.15) is 29.7 Å². The maximum atomic E-state index is 12.3. The zero-order valence-corrected chi connectivity index (χ0v) is 13.9. The molecule has 0 aliphatic heterocycles. The SMILES string of the molecule is COc1ccc([C@H](C)NS(=O)(=O)Cc2ccccc2C)cc1. The number of nitrogens with one attached hydrogen (secondary N) is 1. The van der Waals surface area contributed by atoms with E-state index in [4.69, 9.17) is 4.74 Å². The summed E-state index contributed by atoms with van der Waals surface area (Å²) < 4.78 is 32.5. The highest BCUT2D eigenvalue weighted by atomic mass is 32.2. The lowest BCUT2D eigenvalue weighted by molar-refractivity contribution is 0.414. The zero-order chi connectivity index (χ0) is 16.2. The monoisotopic (exact) mass is 319 g/mol. The third-order valence-corrected chi connectivity index (χ3v) is 4.98. The van der Waals surface area contributed by atoms with Gasteiger partial charge in [0.1, 0.15) is 5.75 Å². The molecule has 0 aromatic heterocycles. The minimum atomic E-state index is -3.40. The molecule has 0 heterocycles. The van der Waals surface area contributed by atoms with Gasteiger partial charge in [0.2, 0.25) is 10.0 Å². The Balaban J connectivity index is 2.09. The van der Waals surface area contributed by atoms with Crippen molar-refractivity contribution in [1.29, 1.82) is 0 Å². The molecule has 4 nitrogen and oxygen atoms in total. The highest BCUT2D eigenvalue weighted by molar-refractivity contribution is 7.88. The van der Waals surface area contributed by atoms with Crippen LogP contribution in [0.3, 0.4) is 0 Å². The van der Waals surface area contributed by atoms with Crippen LogP contribution in [0.5, 0.6) is 5.75 Å². The molecule has 5 heteroatoms. The first kappa shape index (κ1) is 16.5. The van der Waals surface area contributed by atoms with Gasteiger partial charge < -0.3 is 4.74 Å². The van der Waals surface area contributed by atoms with Crippen molar-refractivity contribution in [1.82, 2.24) is 4.72 Å². The molecule has 2 aromatic rings. The number of hydrogen-bond donors (Lipinski definition) is 1. The lowest BCUT2D eigenvalue weighted by atomic mass is 10.1. The fourth-order valence-electron chi connectivity index (χ4n) is 2.25. The molecule has 22 heavy (non-hydrogen) atoms. The predicted octanol–water partition coefficient (Wildman–Crippen LogP) is 3.18. The van der Waals surface area contributed by atoms with Gasteiger partial charge in [0.25, 0.3) is 0 Å². The van der Waals surface area contributed by atoms with E-state index in [2.05, 4.69) is 4.72 Å². The summed E-state index contributed by atoms with van der Waals surface area (Å²) in [6, 6.07) is 14.6. The maximum absolute atomic E-state index is 12.3. The molecule has 0 saturated carbocycles. The average Bonchev–Trinajstić information content (AvgIpc) is 2.49. The van der Waals surface area contributed by atoms with Crippen molar-refractivity contribution in [3.8, 4) is 5.75 Å². The van der Waals surface area contributed by atoms with Crippen molar-refractivity contribution in [3.63, 3.8) is 0 Å². The van der Waals surface area contributed by atoms with Crippen LogP contribution in [0.2, 0.25) is 0 Å². The highest BCUT2D eigenvalue weighted by Gasteiger charge is 2.17. The third kappa shape index (κ3) is 4.32. The van der Waals surface area contributed by atoms with Gasteiger partial charge >= 0.3 is 0 Å². The molecule has 0 fully saturated rings. The lowest BCUT2D eigenvalue weighted by Crippen LogP contribution is -2.28. The highest BCUT2D eigenvalue weighted by Crippen LogP contribution is 2.19. The van der Waals surface area contributed by atoms with E-state index in [-0.39, 0.29) is 11.8 Å². The largest absolute Gasteiger partial charge is 0.497 e. The molecule has 2 rings (SSSR count). The van der Waals surface area contributed by atoms with Crippen molar-refractivity contribution in [3.05, 3.63) is 65.2 Å². The Morgan fingerprint density at radius 3 is 2.32 bits per heavy atom. The minimum absolute atomic E-state index is 0.0137. The second-order valence-electron chi connectivity index (χ2n) is 5.30. The van der Waals surface area contributed by atoms with Crippen LogP contribution < -0.4 is 9.46 Å². The second kappa shape index (κ2) is 6.94. The topological polar surface area (TPSA) is 55.4 Å². The van der Waals surface area contributed by atoms with Crippen LogP contribution in [0.15, 0.2) is 48.5 Å². The van der Waals surface area contributed by atoms with Crippen LogP contribution in [-0.2, 0) is 15.8 Å². The van der Waals surface area contributed by atoms with Gasteiger partial charge in [0.15, 0.2) is 0 Å². The number of benzene rings is 2. The van der Waals surface area contributed by atoms with Crippen LogP contribution in [0.4, 0.5) is 0 Å². The van der Waals surface area contributed by atoms with Crippen LogP contribution in [0.25, 0.3) is 0 Å². The summed E-state index contributed by atoms with van der Waals surface area (Å²) >= 11 is 0. The second-order valence-corrected chi connectivity index (χ2v) is 7.05. The van der Waals surface area contributed by atoms with Crippen LogP contribution in [-0.4, -0.2) is 15.5 Å². The fraction of sp³-hybridized carbons (Fsp3) is 0.294. The molecule has 0 aliphatic carbocycles. The van der Waals surface area contributed by atoms with E-state index < -0.39 is 10.0 Å². The molecule has 0 bridgehead atoms. The van der Waals surface area contributed by atoms with E-state index in [9.17, 15) is 8.42 Å². The number of aryl methyl sites for hydroxylation is 1. The summed E-state index contributed by atoms with van der Waals surface area (Å²) in [6.07, 6.45) is 0. The van der Waals surface area contributed by atoms with Gasteiger partial charge in [-0.2, -0.15) is 0 Å². The van der Waals surface area contributed by atoms with E-state index >= 15 is 0 Å². The molecule has 0 aliphatic rings. The summed E-state index contributed by atoms with van der Waals surface area (Å²) in [5.74, 6) is 0.735. The summed E-state index contributed by atoms with van der Waals surface area (Å²) in [5.41, 5.74) is 2.69. The summed E-state index contributed by atoms with van der Waals surface area (Å²) in [5, 5.41) is 0. The molecule has 2 aromatic carbocycles. The van der Waals surface area contributed by atoms with Crippen molar-refractivity contribution in [2.45, 2.75) is 25.6 Å². The number of rotatable bonds is 6. The number of ether oxygens (including phenoxy) is 1. The Morgan fingerprint density at radius 1 is 1.09 bits per heavy atom. The number of sulfonamides is 1. The zero-order valence-electron chi connectivity index (χ0n) is 13.0. The molecular weight excluding hydrogens is 298 g/mol. The van der Waals surface area contributed by atoms with Gasteiger partial charge in [-0.3, -0.25) is 0 Å². The number of hydrogen-bond acceptors (Lipinski definition) is 3. The van der Waals surface area contributed by atoms with E-state index in [0.29, 0.717) is 0 Å². The Bertz CT molecular complexity index is 724. The molecule has 1 N–H and O–H groups in total. The first-order valence-corrected chi connectivity index (χ1v) is 8.75. The average molecular weight is 319 g/mol. The minimum Gasteiger partial charge on any atom is -0.497 e. The third-order valence-electron chi connectivity index (χ3n) is 3.58. The van der Waals surface area contributed by atoms with Gasteiger partial charge in [-0.1, -0.05) is 36.4 Å². The van der Waals surface area contributed by atoms with Gasteiger partial charge in [0.05, 0.1) is 12.9 Å². The van der Waals surface area contributed by atoms with E-state index in [1.54, 1.807) is 7.11 Å². The van der Waals surface area contributed by atoms with Crippen molar-refractivity contribution in [2.24, 2.45) is 0 Å². The Morgan fingerprint density at radius 2 is 1.73 bits per heavy atom. The summed E-state index contributed by atoms with van der Waals surface area (Å²) in [4.78, 5) is 0. The van der Waals surface area contributed by atoms with Crippen LogP contribution in [0, 0.1) is 6.92 Å². The molecule has 0 spiro atoms. The Labute approximate surface area is 132 Å². The van der Waals surface area contributed by atoms with E-state index in [0.717, 1.165) is 22.4 Å². The molecule has 118 valence electrons. The van der Waals surface area contributed by atoms with Gasteiger partial charge in [-0.05, 0) is 42.7 Å². The summed E-state index contributed by atoms with van der Waals surface area (Å²) in [6.45, 7) is 3.75. The first-order chi connectivity index (χ1) is 10.4. The van der Waals surface area contributed by atoms with E-state index in [1.165, 1.54) is 0 Å². The normalized spacial score (nSPS) is 12.9. The summed E-state index contributed by atoms with van der Waals surface area (Å²) in [7, 11) is -1.80. The molecular formula is C17H21NO3S. The fourth-order valence-corrected chi connectivity index (χ4v) is 3.74. The Kier molecular flexibility index (Phi) is 5.21. The van der Waals surface area contributed by atoms with Gasteiger partial charge in [-0.25, -0.2) is 13.1 Å². The first-order valence-electron chi connectivity index (χ1n) is 7.10. The molecule has 0 unspecified atom stereocenters. The predicted molar refractivity (Wildman–Crippen MR) is 88.3 cm³/mol. The van der Waals surface area contributed by atoms with Crippen molar-refractivity contribution < 1.29 is 13.2 Å². The van der Waals surface area contributed by atoms with Gasteiger partial charge in [-0.15, -0.1) is 0 Å². The standard InChI is InChI=1S/C17H21NO3S/c1-13-6-4-5-7-16(13)12-22(19,20)18-14(2)15-8-10-17(21-3)11-9-15/h4-11,14,18H,12H2,1-3H3/t14-/m0/s1. The maximum Gasteiger partial charge on any atom is 0.216 e. The molecule has 0 saturated heterocycles. The van der Waals surface area contributed by atoms with Crippen LogP contribution >= 0.6 is 0 Å². The quantitative estimate of drug-likeness (QED) is 0.889. The number of methoxy groups -OCH3 is 1. The Hall–Kier alpha value is -1.85. The smallest absolute Gasteiger partial charge is 0.216 e. The molecule has 0 radical (unpaired) electrons. The molecule has 0 amide bonds. The molecule has 1 atom stereocenters. The lowest BCUT2D eigenvalue weighted by Gasteiger charge is -2.15. The van der Waals surface area contributed by atoms with Crippen molar-refractivity contribution in [2.75, 3.05) is 7.11 Å². The van der Waals surface area contributed by atoms with Gasteiger partial charge in [0, 0.05) is 6.04 Å².